The zero-order valence-electron chi connectivity index (χ0n) is 9.13. The fourth-order valence-electron chi connectivity index (χ4n) is 1.83. The summed E-state index contributed by atoms with van der Waals surface area (Å²) in [6.07, 6.45) is -2.90. The van der Waals surface area contributed by atoms with Crippen LogP contribution in [0, 0.1) is 0 Å². The summed E-state index contributed by atoms with van der Waals surface area (Å²) >= 11 is 0. The van der Waals surface area contributed by atoms with Crippen molar-refractivity contribution in [3.63, 3.8) is 0 Å². The maximum Gasteiger partial charge on any atom is 0.195 e. The molecule has 1 aliphatic heterocycles. The average Bonchev–Trinajstić information content (AvgIpc) is 2.21. The Morgan fingerprint density at radius 3 is 2.33 bits per heavy atom. The zero-order valence-corrected chi connectivity index (χ0v) is 9.13. The van der Waals surface area contributed by atoms with Crippen molar-refractivity contribution in [2.75, 3.05) is 0 Å². The van der Waals surface area contributed by atoms with Gasteiger partial charge in [-0.1, -0.05) is 13.3 Å². The summed E-state index contributed by atoms with van der Waals surface area (Å²) in [5, 5.41) is 38.6. The van der Waals surface area contributed by atoms with Gasteiger partial charge in [-0.05, 0) is 13.3 Å². The standard InChI is InChI=1S/C10H20O5/c1-3-4-5-10(14)9(13)8(12)7(11)6(2)15-10/h6-9,11-14H,3-5H2,1-2H3/t6-,7+,8+,9-,10+/m1/s1. The fourth-order valence-corrected chi connectivity index (χ4v) is 1.83. The van der Waals surface area contributed by atoms with Crippen molar-refractivity contribution in [1.29, 1.82) is 0 Å². The van der Waals surface area contributed by atoms with Crippen molar-refractivity contribution in [3.8, 4) is 0 Å². The van der Waals surface area contributed by atoms with Gasteiger partial charge in [-0.3, -0.25) is 0 Å². The number of ether oxygens (including phenoxy) is 1. The lowest BCUT2D eigenvalue weighted by Crippen LogP contribution is -2.63. The molecule has 1 rings (SSSR count). The second-order valence-electron chi connectivity index (χ2n) is 4.20. The SMILES string of the molecule is CCCC[C@]1(O)O[C@H](C)[C@H](O)[C@H](O)[C@H]1O. The maximum atomic E-state index is 9.99. The van der Waals surface area contributed by atoms with E-state index >= 15 is 0 Å². The van der Waals surface area contributed by atoms with Crippen LogP contribution in [0.5, 0.6) is 0 Å². The Balaban J connectivity index is 2.72. The molecule has 0 bridgehead atoms. The van der Waals surface area contributed by atoms with Gasteiger partial charge in [-0.15, -0.1) is 0 Å². The van der Waals surface area contributed by atoms with Crippen LogP contribution in [0.1, 0.15) is 33.1 Å². The van der Waals surface area contributed by atoms with Gasteiger partial charge in [0, 0.05) is 6.42 Å². The van der Waals surface area contributed by atoms with Gasteiger partial charge in [0.2, 0.25) is 0 Å². The van der Waals surface area contributed by atoms with E-state index in [1.165, 1.54) is 0 Å². The highest BCUT2D eigenvalue weighted by Gasteiger charge is 2.50. The Bertz CT molecular complexity index is 210. The summed E-state index contributed by atoms with van der Waals surface area (Å²) in [5.41, 5.74) is 0. The van der Waals surface area contributed by atoms with Gasteiger partial charge >= 0.3 is 0 Å². The largest absolute Gasteiger partial charge is 0.388 e. The Hall–Kier alpha value is -0.200. The maximum absolute atomic E-state index is 9.99. The number of hydrogen-bond acceptors (Lipinski definition) is 5. The van der Waals surface area contributed by atoms with Crippen LogP contribution in [0.25, 0.3) is 0 Å². The number of aliphatic hydroxyl groups is 4. The Kier molecular flexibility index (Phi) is 4.08. The van der Waals surface area contributed by atoms with Gasteiger partial charge in [0.15, 0.2) is 5.79 Å². The highest BCUT2D eigenvalue weighted by atomic mass is 16.7. The summed E-state index contributed by atoms with van der Waals surface area (Å²) in [7, 11) is 0. The molecule has 0 spiro atoms. The van der Waals surface area contributed by atoms with E-state index in [9.17, 15) is 20.4 Å². The van der Waals surface area contributed by atoms with Crippen LogP contribution >= 0.6 is 0 Å². The van der Waals surface area contributed by atoms with Gasteiger partial charge in [0.25, 0.3) is 0 Å². The van der Waals surface area contributed by atoms with Crippen LogP contribution in [0.2, 0.25) is 0 Å². The molecule has 1 aliphatic rings. The molecule has 0 amide bonds. The third kappa shape index (κ3) is 2.49. The quantitative estimate of drug-likeness (QED) is 0.508. The van der Waals surface area contributed by atoms with Crippen molar-refractivity contribution >= 4 is 0 Å². The van der Waals surface area contributed by atoms with E-state index in [4.69, 9.17) is 4.74 Å². The van der Waals surface area contributed by atoms with E-state index in [1.807, 2.05) is 6.92 Å². The summed E-state index contributed by atoms with van der Waals surface area (Å²) < 4.78 is 5.17. The van der Waals surface area contributed by atoms with E-state index in [2.05, 4.69) is 0 Å². The first-order chi connectivity index (χ1) is 6.92. The van der Waals surface area contributed by atoms with E-state index in [-0.39, 0.29) is 6.42 Å². The van der Waals surface area contributed by atoms with Crippen LogP contribution in [0.3, 0.4) is 0 Å². The summed E-state index contributed by atoms with van der Waals surface area (Å²) in [6.45, 7) is 3.50. The highest BCUT2D eigenvalue weighted by Crippen LogP contribution is 2.31. The van der Waals surface area contributed by atoms with Gasteiger partial charge in [-0.2, -0.15) is 0 Å². The molecule has 0 aromatic carbocycles. The molecule has 15 heavy (non-hydrogen) atoms. The van der Waals surface area contributed by atoms with Crippen LogP contribution in [0.15, 0.2) is 0 Å². The molecule has 1 saturated heterocycles. The molecule has 1 fully saturated rings. The first kappa shape index (κ1) is 12.9. The fraction of sp³-hybridized carbons (Fsp3) is 1.00. The van der Waals surface area contributed by atoms with Gasteiger partial charge in [-0.25, -0.2) is 0 Å². The molecule has 0 aliphatic carbocycles. The second-order valence-corrected chi connectivity index (χ2v) is 4.20. The second kappa shape index (κ2) is 4.76. The molecule has 0 unspecified atom stereocenters. The third-order valence-electron chi connectivity index (χ3n) is 2.90. The number of unbranched alkanes of at least 4 members (excludes halogenated alkanes) is 1. The van der Waals surface area contributed by atoms with Gasteiger partial charge < -0.3 is 25.2 Å². The molecule has 5 heteroatoms. The van der Waals surface area contributed by atoms with Crippen molar-refractivity contribution in [3.05, 3.63) is 0 Å². The molecule has 1 heterocycles. The lowest BCUT2D eigenvalue weighted by molar-refractivity contribution is -0.345. The Labute approximate surface area is 89.3 Å². The lowest BCUT2D eigenvalue weighted by atomic mass is 9.90. The highest BCUT2D eigenvalue weighted by molar-refractivity contribution is 4.94. The molecular weight excluding hydrogens is 200 g/mol. The summed E-state index contributed by atoms with van der Waals surface area (Å²) in [5.74, 6) is -1.74. The first-order valence-electron chi connectivity index (χ1n) is 5.36. The smallest absolute Gasteiger partial charge is 0.195 e. The van der Waals surface area contributed by atoms with E-state index in [0.717, 1.165) is 6.42 Å². The summed E-state index contributed by atoms with van der Waals surface area (Å²) in [4.78, 5) is 0. The molecule has 5 atom stereocenters. The molecule has 0 saturated carbocycles. The molecular formula is C10H20O5. The monoisotopic (exact) mass is 220 g/mol. The molecule has 4 N–H and O–H groups in total. The minimum atomic E-state index is -1.74. The normalized spacial score (nSPS) is 46.8. The van der Waals surface area contributed by atoms with Crippen molar-refractivity contribution in [2.24, 2.45) is 0 Å². The Morgan fingerprint density at radius 2 is 1.80 bits per heavy atom. The minimum Gasteiger partial charge on any atom is -0.388 e. The average molecular weight is 220 g/mol. The third-order valence-corrected chi connectivity index (χ3v) is 2.90. The van der Waals surface area contributed by atoms with E-state index < -0.39 is 30.2 Å². The zero-order chi connectivity index (χ0) is 11.6. The topological polar surface area (TPSA) is 90.2 Å². The predicted octanol–water partition coefficient (Wildman–Crippen LogP) is -0.633. The molecule has 5 nitrogen and oxygen atoms in total. The van der Waals surface area contributed by atoms with Crippen LogP contribution in [0.4, 0.5) is 0 Å². The van der Waals surface area contributed by atoms with E-state index in [0.29, 0.717) is 6.42 Å². The molecule has 0 aromatic rings. The first-order valence-corrected chi connectivity index (χ1v) is 5.36. The number of rotatable bonds is 3. The minimum absolute atomic E-state index is 0.249. The number of hydrogen-bond donors (Lipinski definition) is 4. The van der Waals surface area contributed by atoms with Crippen LogP contribution < -0.4 is 0 Å². The van der Waals surface area contributed by atoms with E-state index in [1.54, 1.807) is 6.92 Å². The number of aliphatic hydroxyl groups excluding tert-OH is 3. The summed E-state index contributed by atoms with van der Waals surface area (Å²) in [6, 6.07) is 0. The molecule has 90 valence electrons. The van der Waals surface area contributed by atoms with Crippen molar-refractivity contribution < 1.29 is 25.2 Å². The van der Waals surface area contributed by atoms with Crippen molar-refractivity contribution in [1.82, 2.24) is 0 Å². The van der Waals surface area contributed by atoms with Gasteiger partial charge in [0.1, 0.15) is 18.3 Å². The lowest BCUT2D eigenvalue weighted by Gasteiger charge is -2.45. The van der Waals surface area contributed by atoms with Crippen LogP contribution in [-0.2, 0) is 4.74 Å². The molecule has 0 radical (unpaired) electrons. The predicted molar refractivity (Wildman–Crippen MR) is 53.0 cm³/mol. The molecule has 0 aromatic heterocycles. The Morgan fingerprint density at radius 1 is 1.20 bits per heavy atom. The van der Waals surface area contributed by atoms with Gasteiger partial charge in [0.05, 0.1) is 6.10 Å². The van der Waals surface area contributed by atoms with Crippen molar-refractivity contribution in [2.45, 2.75) is 63.3 Å². The van der Waals surface area contributed by atoms with Crippen LogP contribution in [-0.4, -0.2) is 50.6 Å².